The third-order valence-corrected chi connectivity index (χ3v) is 13.2. The molecule has 0 radical (unpaired) electrons. The first-order valence-electron chi connectivity index (χ1n) is 19.1. The number of aromatic hydroxyl groups is 1. The summed E-state index contributed by atoms with van der Waals surface area (Å²) >= 11 is 2.77. The van der Waals surface area contributed by atoms with Crippen molar-refractivity contribution in [1.29, 1.82) is 0 Å². The quantitative estimate of drug-likeness (QED) is 0.0908. The summed E-state index contributed by atoms with van der Waals surface area (Å²) < 4.78 is 14.1. The number of phenols is 1. The van der Waals surface area contributed by atoms with E-state index in [2.05, 4.69) is 32.6 Å². The van der Waals surface area contributed by atoms with Crippen molar-refractivity contribution in [2.75, 3.05) is 26.7 Å². The summed E-state index contributed by atoms with van der Waals surface area (Å²) in [6, 6.07) is 15.9. The van der Waals surface area contributed by atoms with Crippen LogP contribution in [0, 0.1) is 6.92 Å². The van der Waals surface area contributed by atoms with Crippen LogP contribution in [-0.4, -0.2) is 85.1 Å². The first-order valence-corrected chi connectivity index (χ1v) is 20.8. The highest BCUT2D eigenvalue weighted by Gasteiger charge is 2.45. The van der Waals surface area contributed by atoms with Gasteiger partial charge in [0.05, 0.1) is 28.0 Å². The number of aliphatic hydroxyl groups excluding tert-OH is 1. The average molecular weight is 799 g/mol. The van der Waals surface area contributed by atoms with E-state index in [-0.39, 0.29) is 24.0 Å². The van der Waals surface area contributed by atoms with Crippen LogP contribution in [-0.2, 0) is 34.6 Å². The summed E-state index contributed by atoms with van der Waals surface area (Å²) in [5, 5.41) is 47.8. The summed E-state index contributed by atoms with van der Waals surface area (Å²) in [6.07, 6.45) is 3.83. The number of nitrogens with one attached hydrogen (secondary N) is 2. The number of aliphatic hydroxyl groups is 2. The van der Waals surface area contributed by atoms with Gasteiger partial charge in [0.1, 0.15) is 22.9 Å². The molecule has 2 aromatic carbocycles. The van der Waals surface area contributed by atoms with Crippen LogP contribution in [0.25, 0.3) is 21.9 Å². The molecular formula is C41H46N6O7S2. The number of aromatic nitrogens is 4. The van der Waals surface area contributed by atoms with Crippen molar-refractivity contribution in [2.24, 2.45) is 0 Å². The van der Waals surface area contributed by atoms with E-state index in [0.29, 0.717) is 52.0 Å². The monoisotopic (exact) mass is 798 g/mol. The Morgan fingerprint density at radius 1 is 1.16 bits per heavy atom. The summed E-state index contributed by atoms with van der Waals surface area (Å²) in [4.78, 5) is 32.6. The largest absolute Gasteiger partial charge is 0.506 e. The lowest BCUT2D eigenvalue weighted by atomic mass is 9.91. The zero-order valence-corrected chi connectivity index (χ0v) is 33.0. The van der Waals surface area contributed by atoms with Crippen molar-refractivity contribution < 1.29 is 29.6 Å². The van der Waals surface area contributed by atoms with E-state index in [1.54, 1.807) is 18.2 Å². The smallest absolute Gasteiger partial charge is 0.349 e. The van der Waals surface area contributed by atoms with Gasteiger partial charge in [0.15, 0.2) is 5.75 Å². The molecule has 5 N–H and O–H groups in total. The van der Waals surface area contributed by atoms with Gasteiger partial charge in [-0.1, -0.05) is 17.3 Å². The number of nitrogens with zero attached hydrogens (tertiary/aromatic N) is 4. The van der Waals surface area contributed by atoms with Crippen molar-refractivity contribution in [3.8, 4) is 11.5 Å². The molecule has 2 atom stereocenters. The topological polar surface area (TPSA) is 175 Å². The third kappa shape index (κ3) is 7.46. The number of esters is 1. The van der Waals surface area contributed by atoms with E-state index < -0.39 is 17.7 Å². The van der Waals surface area contributed by atoms with Crippen LogP contribution in [0.3, 0.4) is 0 Å². The molecule has 5 heterocycles. The molecule has 6 aromatic rings. The lowest BCUT2D eigenvalue weighted by molar-refractivity contribution is -0.169. The van der Waals surface area contributed by atoms with Crippen LogP contribution in [0.2, 0.25) is 0 Å². The van der Waals surface area contributed by atoms with E-state index in [4.69, 9.17) is 9.47 Å². The van der Waals surface area contributed by atoms with Crippen LogP contribution < -0.4 is 15.6 Å². The highest BCUT2D eigenvalue weighted by Crippen LogP contribution is 2.40. The molecule has 1 fully saturated rings. The Morgan fingerprint density at radius 3 is 2.77 bits per heavy atom. The molecule has 4 aromatic heterocycles. The number of thiophene rings is 2. The van der Waals surface area contributed by atoms with Crippen molar-refractivity contribution in [1.82, 2.24) is 30.2 Å². The summed E-state index contributed by atoms with van der Waals surface area (Å²) in [5.41, 5.74) is 2.61. The van der Waals surface area contributed by atoms with Crippen molar-refractivity contribution in [3.05, 3.63) is 102 Å². The Morgan fingerprint density at radius 2 is 2.00 bits per heavy atom. The molecule has 0 saturated heterocycles. The first kappa shape index (κ1) is 38.2. The fraction of sp³-hybridized carbons (Fsp3) is 0.415. The van der Waals surface area contributed by atoms with E-state index in [0.717, 1.165) is 77.9 Å². The van der Waals surface area contributed by atoms with Crippen LogP contribution >= 0.6 is 22.7 Å². The predicted octanol–water partition coefficient (Wildman–Crippen LogP) is 5.28. The summed E-state index contributed by atoms with van der Waals surface area (Å²) in [6.45, 7) is 4.84. The van der Waals surface area contributed by atoms with Gasteiger partial charge in [0, 0.05) is 54.0 Å². The number of fused-ring (bicyclic) bond motifs is 4. The Hall–Kier alpha value is -4.64. The molecule has 294 valence electrons. The third-order valence-electron chi connectivity index (χ3n) is 11.2. The van der Waals surface area contributed by atoms with Gasteiger partial charge in [-0.2, -0.15) is 0 Å². The predicted molar refractivity (Wildman–Crippen MR) is 215 cm³/mol. The van der Waals surface area contributed by atoms with Gasteiger partial charge < -0.3 is 40.0 Å². The normalized spacial score (nSPS) is 18.6. The van der Waals surface area contributed by atoms with E-state index in [1.807, 2.05) is 41.3 Å². The number of benzene rings is 2. The minimum Gasteiger partial charge on any atom is -0.506 e. The summed E-state index contributed by atoms with van der Waals surface area (Å²) in [7, 11) is 2.15. The number of rotatable bonds is 14. The number of ether oxygens (including phenoxy) is 2. The number of H-pyrrole nitrogens is 1. The number of aryl methyl sites for hydroxylation is 2. The molecular weight excluding hydrogens is 753 g/mol. The van der Waals surface area contributed by atoms with Crippen molar-refractivity contribution >= 4 is 50.6 Å². The SMILES string of the molecule is Cc1ccc(C(O)(C(=O)O[C@H]2CC[C@H](N(C)CCCn3nnc4cc(CNC[C@H](O)c5ccc(O)c6[nH]c(=O)ccc56)c5c(c43)OCC5)CC2)c2cccs2)s1. The second kappa shape index (κ2) is 16.1. The molecule has 1 aliphatic heterocycles. The van der Waals surface area contributed by atoms with Gasteiger partial charge in [-0.3, -0.25) is 4.79 Å². The van der Waals surface area contributed by atoms with Gasteiger partial charge in [0.25, 0.3) is 0 Å². The van der Waals surface area contributed by atoms with Gasteiger partial charge in [-0.25, -0.2) is 9.48 Å². The second-order valence-electron chi connectivity index (χ2n) is 14.8. The second-order valence-corrected chi connectivity index (χ2v) is 17.1. The minimum atomic E-state index is -1.80. The zero-order valence-electron chi connectivity index (χ0n) is 31.4. The first-order chi connectivity index (χ1) is 27.1. The molecule has 8 rings (SSSR count). The number of phenolic OH excluding ortho intramolecular Hbond substituents is 1. The van der Waals surface area contributed by atoms with E-state index in [9.17, 15) is 24.9 Å². The van der Waals surface area contributed by atoms with Crippen LogP contribution in [0.5, 0.6) is 11.5 Å². The molecule has 0 amide bonds. The maximum atomic E-state index is 13.5. The van der Waals surface area contributed by atoms with Crippen LogP contribution in [0.15, 0.2) is 64.8 Å². The molecule has 0 bridgehead atoms. The van der Waals surface area contributed by atoms with Gasteiger partial charge in [0.2, 0.25) is 11.2 Å². The lowest BCUT2D eigenvalue weighted by Gasteiger charge is -2.35. The number of carbonyl (C=O) groups excluding carboxylic acids is 1. The molecule has 1 unspecified atom stereocenters. The van der Waals surface area contributed by atoms with Gasteiger partial charge in [-0.05, 0) is 106 Å². The minimum absolute atomic E-state index is 0.0455. The molecule has 2 aliphatic rings. The Kier molecular flexibility index (Phi) is 11.0. The van der Waals surface area contributed by atoms with Gasteiger partial charge >= 0.3 is 5.97 Å². The molecule has 56 heavy (non-hydrogen) atoms. The number of hydrogen-bond acceptors (Lipinski definition) is 13. The molecule has 15 heteroatoms. The van der Waals surface area contributed by atoms with E-state index in [1.165, 1.54) is 34.8 Å². The molecule has 1 aliphatic carbocycles. The fourth-order valence-corrected chi connectivity index (χ4v) is 9.98. The highest BCUT2D eigenvalue weighted by atomic mass is 32.1. The number of pyridine rings is 1. The maximum Gasteiger partial charge on any atom is 0.349 e. The molecule has 13 nitrogen and oxygen atoms in total. The maximum absolute atomic E-state index is 13.5. The Balaban J connectivity index is 0.843. The number of hydrogen-bond donors (Lipinski definition) is 5. The van der Waals surface area contributed by atoms with Crippen LogP contribution in [0.1, 0.15) is 69.5 Å². The average Bonchev–Trinajstić information content (AvgIpc) is 4.03. The van der Waals surface area contributed by atoms with E-state index >= 15 is 0 Å². The lowest BCUT2D eigenvalue weighted by Crippen LogP contribution is -2.42. The zero-order chi connectivity index (χ0) is 39.0. The summed E-state index contributed by atoms with van der Waals surface area (Å²) in [5.74, 6) is 0.173. The number of carbonyl (C=O) groups is 1. The van der Waals surface area contributed by atoms with Crippen molar-refractivity contribution in [3.63, 3.8) is 0 Å². The fourth-order valence-electron chi connectivity index (χ4n) is 8.13. The number of aromatic amines is 1. The Bertz CT molecular complexity index is 2400. The van der Waals surface area contributed by atoms with Crippen LogP contribution in [0.4, 0.5) is 0 Å². The highest BCUT2D eigenvalue weighted by molar-refractivity contribution is 7.13. The van der Waals surface area contributed by atoms with Crippen molar-refractivity contribution in [2.45, 2.75) is 82.4 Å². The Labute approximate surface area is 331 Å². The molecule has 1 saturated carbocycles. The standard InChI is InChI=1S/C41H46N6O7S2/c1-24-6-14-35(56-24)41(52,34-5-3-20-55-34)40(51)54-27-9-7-26(8-10-27)46(2)17-4-18-47-38-31(44-45-47)21-25(28-16-19-53-39(28)38)22-42-23-33(49)29-11-13-32(48)37-30(29)12-15-36(50)43-37/h3,5-6,11-15,20-21,26-27,33,42,48-49,52H,4,7-10,16-19,22-23H2,1-2H3,(H,43,50)/t26-,27-,33-,41?/m0/s1. The van der Waals surface area contributed by atoms with Gasteiger partial charge in [-0.15, -0.1) is 27.8 Å². The molecule has 0 spiro atoms.